The first-order valence-corrected chi connectivity index (χ1v) is 6.22. The Morgan fingerprint density at radius 1 is 1.29 bits per heavy atom. The van der Waals surface area contributed by atoms with Crippen molar-refractivity contribution >= 4 is 0 Å². The van der Waals surface area contributed by atoms with Gasteiger partial charge in [-0.3, -0.25) is 0 Å². The highest BCUT2D eigenvalue weighted by molar-refractivity contribution is 5.58. The fourth-order valence-corrected chi connectivity index (χ4v) is 2.47. The highest BCUT2D eigenvalue weighted by Gasteiger charge is 2.15. The van der Waals surface area contributed by atoms with E-state index < -0.39 is 0 Å². The van der Waals surface area contributed by atoms with Gasteiger partial charge in [-0.2, -0.15) is 0 Å². The van der Waals surface area contributed by atoms with Crippen LogP contribution in [0, 0.1) is 0 Å². The molecule has 1 aliphatic rings. The van der Waals surface area contributed by atoms with Gasteiger partial charge in [-0.25, -0.2) is 4.98 Å². The van der Waals surface area contributed by atoms with Crippen molar-refractivity contribution in [1.29, 1.82) is 0 Å². The summed E-state index contributed by atoms with van der Waals surface area (Å²) >= 11 is 0. The number of hydrogen-bond acceptors (Lipinski definition) is 2. The van der Waals surface area contributed by atoms with Gasteiger partial charge < -0.3 is 9.88 Å². The fourth-order valence-electron chi connectivity index (χ4n) is 2.47. The van der Waals surface area contributed by atoms with E-state index in [4.69, 9.17) is 0 Å². The lowest BCUT2D eigenvalue weighted by Gasteiger charge is -2.13. The Morgan fingerprint density at radius 2 is 2.18 bits per heavy atom. The van der Waals surface area contributed by atoms with Crippen molar-refractivity contribution < 1.29 is 0 Å². The van der Waals surface area contributed by atoms with Gasteiger partial charge in [0, 0.05) is 12.6 Å². The van der Waals surface area contributed by atoms with Gasteiger partial charge in [-0.15, -0.1) is 0 Å². The zero-order valence-electron chi connectivity index (χ0n) is 9.84. The SMILES string of the molecule is c1ccc(-c2cncn2CC2CCCN2)cc1. The zero-order valence-corrected chi connectivity index (χ0v) is 9.84. The van der Waals surface area contributed by atoms with Gasteiger partial charge in [0.25, 0.3) is 0 Å². The Labute approximate surface area is 101 Å². The van der Waals surface area contributed by atoms with Crippen LogP contribution in [-0.4, -0.2) is 22.1 Å². The highest BCUT2D eigenvalue weighted by Crippen LogP contribution is 2.19. The van der Waals surface area contributed by atoms with E-state index in [0.717, 1.165) is 13.1 Å². The highest BCUT2D eigenvalue weighted by atomic mass is 15.1. The Hall–Kier alpha value is -1.61. The van der Waals surface area contributed by atoms with Crippen LogP contribution in [0.1, 0.15) is 12.8 Å². The van der Waals surface area contributed by atoms with Crippen LogP contribution in [0.15, 0.2) is 42.9 Å². The first-order valence-electron chi connectivity index (χ1n) is 6.22. The lowest BCUT2D eigenvalue weighted by Crippen LogP contribution is -2.26. The van der Waals surface area contributed by atoms with Crippen molar-refractivity contribution in [1.82, 2.24) is 14.9 Å². The molecule has 0 amide bonds. The number of benzene rings is 1. The van der Waals surface area contributed by atoms with Gasteiger partial charge in [0.15, 0.2) is 0 Å². The van der Waals surface area contributed by atoms with Crippen molar-refractivity contribution in [2.45, 2.75) is 25.4 Å². The summed E-state index contributed by atoms with van der Waals surface area (Å²) in [6.07, 6.45) is 6.44. The van der Waals surface area contributed by atoms with Gasteiger partial charge in [-0.1, -0.05) is 30.3 Å². The van der Waals surface area contributed by atoms with E-state index in [2.05, 4.69) is 39.1 Å². The minimum atomic E-state index is 0.603. The molecule has 1 unspecified atom stereocenters. The van der Waals surface area contributed by atoms with Crippen LogP contribution >= 0.6 is 0 Å². The average molecular weight is 227 g/mol. The third-order valence-electron chi connectivity index (χ3n) is 3.36. The van der Waals surface area contributed by atoms with Crippen LogP contribution in [0.4, 0.5) is 0 Å². The zero-order chi connectivity index (χ0) is 11.5. The maximum atomic E-state index is 4.28. The van der Waals surface area contributed by atoms with E-state index in [-0.39, 0.29) is 0 Å². The molecule has 0 radical (unpaired) electrons. The lowest BCUT2D eigenvalue weighted by molar-refractivity contribution is 0.512. The van der Waals surface area contributed by atoms with Crippen LogP contribution in [0.25, 0.3) is 11.3 Å². The maximum Gasteiger partial charge on any atom is 0.0951 e. The van der Waals surface area contributed by atoms with E-state index in [0.29, 0.717) is 6.04 Å². The molecule has 1 saturated heterocycles. The van der Waals surface area contributed by atoms with Gasteiger partial charge >= 0.3 is 0 Å². The number of hydrogen-bond donors (Lipinski definition) is 1. The fraction of sp³-hybridized carbons (Fsp3) is 0.357. The second kappa shape index (κ2) is 4.72. The molecule has 0 aliphatic carbocycles. The lowest BCUT2D eigenvalue weighted by atomic mass is 10.1. The van der Waals surface area contributed by atoms with E-state index in [1.165, 1.54) is 24.1 Å². The topological polar surface area (TPSA) is 29.9 Å². The third-order valence-corrected chi connectivity index (χ3v) is 3.36. The van der Waals surface area contributed by atoms with Crippen molar-refractivity contribution in [3.05, 3.63) is 42.9 Å². The van der Waals surface area contributed by atoms with Crippen LogP contribution < -0.4 is 5.32 Å². The van der Waals surface area contributed by atoms with Gasteiger partial charge in [0.05, 0.1) is 18.2 Å². The van der Waals surface area contributed by atoms with Crippen LogP contribution in [0.5, 0.6) is 0 Å². The maximum absolute atomic E-state index is 4.28. The Bertz CT molecular complexity index is 469. The quantitative estimate of drug-likeness (QED) is 0.872. The molecule has 17 heavy (non-hydrogen) atoms. The summed E-state index contributed by atoms with van der Waals surface area (Å²) in [5, 5.41) is 3.52. The van der Waals surface area contributed by atoms with Crippen molar-refractivity contribution in [2.75, 3.05) is 6.54 Å². The Kier molecular flexibility index (Phi) is 2.92. The summed E-state index contributed by atoms with van der Waals surface area (Å²) < 4.78 is 2.25. The van der Waals surface area contributed by atoms with Gasteiger partial charge in [0.1, 0.15) is 0 Å². The second-order valence-electron chi connectivity index (χ2n) is 4.59. The second-order valence-corrected chi connectivity index (χ2v) is 4.59. The molecule has 1 aromatic carbocycles. The molecular formula is C14H17N3. The van der Waals surface area contributed by atoms with Crippen molar-refractivity contribution in [3.8, 4) is 11.3 Å². The average Bonchev–Trinajstić information content (AvgIpc) is 3.02. The largest absolute Gasteiger partial charge is 0.329 e. The van der Waals surface area contributed by atoms with E-state index in [9.17, 15) is 0 Å². The number of aromatic nitrogens is 2. The number of rotatable bonds is 3. The minimum Gasteiger partial charge on any atom is -0.329 e. The molecule has 1 atom stereocenters. The normalized spacial score (nSPS) is 19.6. The first kappa shape index (κ1) is 10.5. The smallest absolute Gasteiger partial charge is 0.0951 e. The summed E-state index contributed by atoms with van der Waals surface area (Å²) in [5.74, 6) is 0. The van der Waals surface area contributed by atoms with Crippen molar-refractivity contribution in [3.63, 3.8) is 0 Å². The molecule has 2 heterocycles. The summed E-state index contributed by atoms with van der Waals surface area (Å²) in [5.41, 5.74) is 2.45. The summed E-state index contributed by atoms with van der Waals surface area (Å²) in [6, 6.07) is 11.1. The molecule has 0 saturated carbocycles. The van der Waals surface area contributed by atoms with E-state index >= 15 is 0 Å². The molecule has 3 heteroatoms. The predicted molar refractivity (Wildman–Crippen MR) is 68.7 cm³/mol. The number of imidazole rings is 1. The van der Waals surface area contributed by atoms with E-state index in [1.54, 1.807) is 0 Å². The molecule has 1 aliphatic heterocycles. The molecule has 3 nitrogen and oxygen atoms in total. The molecule has 0 bridgehead atoms. The van der Waals surface area contributed by atoms with Crippen LogP contribution in [0.2, 0.25) is 0 Å². The summed E-state index contributed by atoms with van der Waals surface area (Å²) in [4.78, 5) is 4.28. The first-order chi connectivity index (χ1) is 8.43. The predicted octanol–water partition coefficient (Wildman–Crippen LogP) is 2.30. The number of nitrogens with one attached hydrogen (secondary N) is 1. The van der Waals surface area contributed by atoms with Crippen molar-refractivity contribution in [2.24, 2.45) is 0 Å². The Morgan fingerprint density at radius 3 is 2.94 bits per heavy atom. The molecule has 2 aromatic rings. The molecule has 88 valence electrons. The van der Waals surface area contributed by atoms with Crippen LogP contribution in [-0.2, 0) is 6.54 Å². The minimum absolute atomic E-state index is 0.603. The summed E-state index contributed by atoms with van der Waals surface area (Å²) in [7, 11) is 0. The van der Waals surface area contributed by atoms with Crippen LogP contribution in [0.3, 0.4) is 0 Å². The molecule has 1 aromatic heterocycles. The molecule has 0 spiro atoms. The monoisotopic (exact) mass is 227 g/mol. The molecule has 3 rings (SSSR count). The van der Waals surface area contributed by atoms with E-state index in [1.807, 2.05) is 18.6 Å². The Balaban J connectivity index is 1.84. The van der Waals surface area contributed by atoms with Gasteiger partial charge in [-0.05, 0) is 24.9 Å². The molecular weight excluding hydrogens is 210 g/mol. The summed E-state index contributed by atoms with van der Waals surface area (Å²) in [6.45, 7) is 2.17. The standard InChI is InChI=1S/C14H17N3/c1-2-5-12(6-3-1)14-9-15-11-17(14)10-13-7-4-8-16-13/h1-3,5-6,9,11,13,16H,4,7-8,10H2. The molecule has 1 fully saturated rings. The third kappa shape index (κ3) is 2.24. The molecule has 1 N–H and O–H groups in total. The van der Waals surface area contributed by atoms with Gasteiger partial charge in [0.2, 0.25) is 0 Å². The number of nitrogens with zero attached hydrogens (tertiary/aromatic N) is 2.